The van der Waals surface area contributed by atoms with E-state index in [1.807, 2.05) is 19.1 Å². The predicted molar refractivity (Wildman–Crippen MR) is 77.3 cm³/mol. The van der Waals surface area contributed by atoms with Crippen molar-refractivity contribution in [2.45, 2.75) is 19.4 Å². The minimum absolute atomic E-state index is 0.487. The van der Waals surface area contributed by atoms with Gasteiger partial charge in [0.05, 0.1) is 0 Å². The van der Waals surface area contributed by atoms with Crippen LogP contribution in [0.1, 0.15) is 23.1 Å². The van der Waals surface area contributed by atoms with Crippen molar-refractivity contribution >= 4 is 21.4 Å². The minimum Gasteiger partial charge on any atom is -0.385 e. The van der Waals surface area contributed by atoms with E-state index in [0.717, 1.165) is 11.1 Å². The van der Waals surface area contributed by atoms with E-state index in [1.54, 1.807) is 23.7 Å². The fourth-order valence-electron chi connectivity index (χ4n) is 2.07. The summed E-state index contributed by atoms with van der Waals surface area (Å²) in [6.07, 6.45) is 3.36. The van der Waals surface area contributed by atoms with Crippen LogP contribution in [0.2, 0.25) is 0 Å². The highest BCUT2D eigenvalue weighted by Gasteiger charge is 2.14. The number of aryl methyl sites for hydroxylation is 1. The Balaban J connectivity index is 1.86. The maximum absolute atomic E-state index is 10.2. The second kappa shape index (κ2) is 5.07. The quantitative estimate of drug-likeness (QED) is 0.794. The summed E-state index contributed by atoms with van der Waals surface area (Å²) < 4.78 is 1.24. The number of hydrogen-bond acceptors (Lipinski definition) is 4. The number of thiophene rings is 1. The molecule has 0 saturated heterocycles. The Morgan fingerprint density at radius 2 is 1.95 bits per heavy atom. The van der Waals surface area contributed by atoms with Gasteiger partial charge in [0.25, 0.3) is 0 Å². The van der Waals surface area contributed by atoms with E-state index in [1.165, 1.54) is 10.1 Å². The predicted octanol–water partition coefficient (Wildman–Crippen LogP) is 3.28. The summed E-state index contributed by atoms with van der Waals surface area (Å²) in [4.78, 5) is 8.36. The molecule has 0 aliphatic heterocycles. The Labute approximate surface area is 115 Å². The lowest BCUT2D eigenvalue weighted by atomic mass is 10.1. The first kappa shape index (κ1) is 12.3. The summed E-state index contributed by atoms with van der Waals surface area (Å²) >= 11 is 1.70. The molecule has 3 aromatic rings. The summed E-state index contributed by atoms with van der Waals surface area (Å²) in [6, 6.07) is 8.23. The fourth-order valence-corrected chi connectivity index (χ4v) is 3.04. The number of rotatable bonds is 3. The number of benzene rings is 1. The average molecular weight is 270 g/mol. The van der Waals surface area contributed by atoms with Crippen molar-refractivity contribution in [3.05, 3.63) is 59.0 Å². The van der Waals surface area contributed by atoms with Gasteiger partial charge in [-0.15, -0.1) is 11.3 Å². The smallest absolute Gasteiger partial charge is 0.157 e. The molecular weight excluding hydrogens is 256 g/mol. The summed E-state index contributed by atoms with van der Waals surface area (Å²) in [6.45, 7) is 1.93. The second-order valence-corrected chi connectivity index (χ2v) is 5.51. The molecule has 3 nitrogen and oxygen atoms in total. The molecule has 3 rings (SSSR count). The Morgan fingerprint density at radius 3 is 2.74 bits per heavy atom. The standard InChI is InChI=1S/C15H14N2OS/c1-10-7-16-15(17-8-10)13(18)6-11-9-19-14-5-3-2-4-12(11)14/h2-5,7-9,13,18H,6H2,1H3. The number of fused-ring (bicyclic) bond motifs is 1. The van der Waals surface area contributed by atoms with Gasteiger partial charge in [-0.2, -0.15) is 0 Å². The molecule has 19 heavy (non-hydrogen) atoms. The van der Waals surface area contributed by atoms with Crippen LogP contribution in [0.4, 0.5) is 0 Å². The van der Waals surface area contributed by atoms with E-state index >= 15 is 0 Å². The molecule has 0 fully saturated rings. The molecule has 0 bridgehead atoms. The van der Waals surface area contributed by atoms with Crippen molar-refractivity contribution in [2.24, 2.45) is 0 Å². The maximum atomic E-state index is 10.2. The van der Waals surface area contributed by atoms with E-state index in [0.29, 0.717) is 12.2 Å². The van der Waals surface area contributed by atoms with E-state index < -0.39 is 6.10 Å². The second-order valence-electron chi connectivity index (χ2n) is 4.60. The fraction of sp³-hybridized carbons (Fsp3) is 0.200. The van der Waals surface area contributed by atoms with Gasteiger partial charge in [0.15, 0.2) is 5.82 Å². The van der Waals surface area contributed by atoms with E-state index in [2.05, 4.69) is 27.5 Å². The van der Waals surface area contributed by atoms with Gasteiger partial charge in [0.2, 0.25) is 0 Å². The molecule has 2 heterocycles. The molecule has 1 aromatic carbocycles. The van der Waals surface area contributed by atoms with Gasteiger partial charge in [0, 0.05) is 23.5 Å². The molecule has 0 saturated carbocycles. The van der Waals surface area contributed by atoms with Gasteiger partial charge in [0.1, 0.15) is 6.10 Å². The molecule has 4 heteroatoms. The lowest BCUT2D eigenvalue weighted by Gasteiger charge is -2.08. The highest BCUT2D eigenvalue weighted by Crippen LogP contribution is 2.28. The first-order valence-electron chi connectivity index (χ1n) is 6.16. The molecule has 1 N–H and O–H groups in total. The molecule has 0 radical (unpaired) electrons. The van der Waals surface area contributed by atoms with Crippen LogP contribution in [-0.2, 0) is 6.42 Å². The monoisotopic (exact) mass is 270 g/mol. The minimum atomic E-state index is -0.654. The largest absolute Gasteiger partial charge is 0.385 e. The molecular formula is C15H14N2OS. The number of nitrogens with zero attached hydrogens (tertiary/aromatic N) is 2. The van der Waals surface area contributed by atoms with Crippen molar-refractivity contribution in [1.29, 1.82) is 0 Å². The van der Waals surface area contributed by atoms with Crippen molar-refractivity contribution < 1.29 is 5.11 Å². The molecule has 0 aliphatic carbocycles. The number of aromatic nitrogens is 2. The van der Waals surface area contributed by atoms with Crippen molar-refractivity contribution in [2.75, 3.05) is 0 Å². The van der Waals surface area contributed by atoms with Crippen LogP contribution in [0.5, 0.6) is 0 Å². The highest BCUT2D eigenvalue weighted by atomic mass is 32.1. The topological polar surface area (TPSA) is 46.0 Å². The molecule has 1 unspecified atom stereocenters. The van der Waals surface area contributed by atoms with Gasteiger partial charge in [-0.25, -0.2) is 9.97 Å². The van der Waals surface area contributed by atoms with Gasteiger partial charge in [-0.05, 0) is 34.9 Å². The van der Waals surface area contributed by atoms with Gasteiger partial charge < -0.3 is 5.11 Å². The summed E-state index contributed by atoms with van der Waals surface area (Å²) in [5, 5.41) is 13.5. The van der Waals surface area contributed by atoms with Crippen LogP contribution < -0.4 is 0 Å². The lowest BCUT2D eigenvalue weighted by molar-refractivity contribution is 0.168. The van der Waals surface area contributed by atoms with Crippen molar-refractivity contribution in [1.82, 2.24) is 9.97 Å². The van der Waals surface area contributed by atoms with Crippen LogP contribution >= 0.6 is 11.3 Å². The first-order valence-corrected chi connectivity index (χ1v) is 7.04. The molecule has 0 spiro atoms. The van der Waals surface area contributed by atoms with Crippen LogP contribution in [0.15, 0.2) is 42.0 Å². The number of aliphatic hydroxyl groups is 1. The average Bonchev–Trinajstić information content (AvgIpc) is 2.83. The van der Waals surface area contributed by atoms with Gasteiger partial charge >= 0.3 is 0 Å². The molecule has 1 atom stereocenters. The Kier molecular flexibility index (Phi) is 3.27. The van der Waals surface area contributed by atoms with E-state index in [-0.39, 0.29) is 0 Å². The summed E-state index contributed by atoms with van der Waals surface area (Å²) in [5.74, 6) is 0.487. The Hall–Kier alpha value is -1.78. The Morgan fingerprint density at radius 1 is 1.21 bits per heavy atom. The zero-order valence-corrected chi connectivity index (χ0v) is 11.4. The third kappa shape index (κ3) is 2.50. The number of hydrogen-bond donors (Lipinski definition) is 1. The van der Waals surface area contributed by atoms with E-state index in [4.69, 9.17) is 0 Å². The van der Waals surface area contributed by atoms with Crippen molar-refractivity contribution in [3.63, 3.8) is 0 Å². The highest BCUT2D eigenvalue weighted by molar-refractivity contribution is 7.17. The van der Waals surface area contributed by atoms with Crippen LogP contribution in [0.3, 0.4) is 0 Å². The SMILES string of the molecule is Cc1cnc(C(O)Cc2csc3ccccc23)nc1. The molecule has 96 valence electrons. The van der Waals surface area contributed by atoms with E-state index in [9.17, 15) is 5.11 Å². The maximum Gasteiger partial charge on any atom is 0.157 e. The third-order valence-corrected chi connectivity index (χ3v) is 4.09. The lowest BCUT2D eigenvalue weighted by Crippen LogP contribution is -2.06. The summed E-state index contributed by atoms with van der Waals surface area (Å²) in [7, 11) is 0. The Bertz CT molecular complexity index is 691. The normalized spacial score (nSPS) is 12.7. The van der Waals surface area contributed by atoms with Crippen LogP contribution in [-0.4, -0.2) is 15.1 Å². The summed E-state index contributed by atoms with van der Waals surface area (Å²) in [5.41, 5.74) is 2.15. The number of aliphatic hydroxyl groups excluding tert-OH is 1. The zero-order chi connectivity index (χ0) is 13.2. The van der Waals surface area contributed by atoms with Gasteiger partial charge in [-0.3, -0.25) is 0 Å². The first-order chi connectivity index (χ1) is 9.24. The van der Waals surface area contributed by atoms with Crippen molar-refractivity contribution in [3.8, 4) is 0 Å². The molecule has 2 aromatic heterocycles. The molecule has 0 amide bonds. The van der Waals surface area contributed by atoms with Crippen LogP contribution in [0, 0.1) is 6.92 Å². The van der Waals surface area contributed by atoms with Crippen LogP contribution in [0.25, 0.3) is 10.1 Å². The van der Waals surface area contributed by atoms with Gasteiger partial charge in [-0.1, -0.05) is 18.2 Å². The third-order valence-electron chi connectivity index (χ3n) is 3.07. The molecule has 0 aliphatic rings. The zero-order valence-electron chi connectivity index (χ0n) is 10.6.